The molecule has 2 N–H and O–H groups in total. The van der Waals surface area contributed by atoms with Crippen molar-refractivity contribution in [3.05, 3.63) is 66.0 Å². The van der Waals surface area contributed by atoms with E-state index in [2.05, 4.69) is 10.1 Å². The lowest BCUT2D eigenvalue weighted by Crippen LogP contribution is -2.59. The molecule has 0 aliphatic heterocycles. The van der Waals surface area contributed by atoms with Crippen molar-refractivity contribution < 1.29 is 37.3 Å². The molecule has 2 heterocycles. The molecule has 1 amide bonds. The number of aromatic nitrogens is 1. The largest absolute Gasteiger partial charge is 0.573 e. The zero-order chi connectivity index (χ0) is 27.4. The fraction of sp³-hybridized carbons (Fsp3) is 0.448. The van der Waals surface area contributed by atoms with Crippen molar-refractivity contribution >= 4 is 17.4 Å². The Morgan fingerprint density at radius 1 is 1.00 bits per heavy atom. The quantitative estimate of drug-likeness (QED) is 0.375. The molecule has 4 saturated carbocycles. The number of carbonyl (C=O) groups is 2. The van der Waals surface area contributed by atoms with Crippen LogP contribution in [0.25, 0.3) is 5.52 Å². The molecule has 4 aliphatic carbocycles. The fourth-order valence-corrected chi connectivity index (χ4v) is 7.57. The Morgan fingerprint density at radius 2 is 1.64 bits per heavy atom. The van der Waals surface area contributed by atoms with E-state index in [-0.39, 0.29) is 23.7 Å². The predicted octanol–water partition coefficient (Wildman–Crippen LogP) is 5.82. The average molecular weight is 543 g/mol. The number of pyridine rings is 1. The minimum atomic E-state index is -4.78. The van der Waals surface area contributed by atoms with Crippen molar-refractivity contribution in [2.75, 3.05) is 0 Å². The van der Waals surface area contributed by atoms with Gasteiger partial charge in [0.2, 0.25) is 0 Å². The molecule has 4 fully saturated rings. The summed E-state index contributed by atoms with van der Waals surface area (Å²) in [4.78, 5) is 26.2. The molecular weight excluding hydrogens is 513 g/mol. The highest BCUT2D eigenvalue weighted by atomic mass is 19.4. The molecule has 0 radical (unpaired) electrons. The molecule has 7 rings (SSSR count). The summed E-state index contributed by atoms with van der Waals surface area (Å²) in [7, 11) is 0. The van der Waals surface area contributed by atoms with Gasteiger partial charge in [0.15, 0.2) is 5.75 Å². The van der Waals surface area contributed by atoms with E-state index in [4.69, 9.17) is 4.74 Å². The van der Waals surface area contributed by atoms with Gasteiger partial charge in [-0.25, -0.2) is 4.79 Å². The Bertz CT molecular complexity index is 1360. The monoisotopic (exact) mass is 542 g/mol. The highest BCUT2D eigenvalue weighted by Gasteiger charge is 2.56. The number of ether oxygens (including phenoxy) is 2. The minimum absolute atomic E-state index is 0.0191. The molecule has 1 aromatic carbocycles. The van der Waals surface area contributed by atoms with E-state index in [1.807, 2.05) is 0 Å². The highest BCUT2D eigenvalue weighted by molar-refractivity contribution is 6.01. The SMILES string of the molecule is O=C(N[C@H](C(=O)O)C12CC3CC(CC(C3)C1)C2)c1ccn2cccc2c1OCc1ccc(OC(F)(F)F)cc1. The van der Waals surface area contributed by atoms with Crippen molar-refractivity contribution in [2.45, 2.75) is 57.5 Å². The first-order chi connectivity index (χ1) is 18.6. The maximum Gasteiger partial charge on any atom is 0.573 e. The smallest absolute Gasteiger partial charge is 0.486 e. The van der Waals surface area contributed by atoms with E-state index < -0.39 is 29.7 Å². The molecule has 3 aromatic rings. The standard InChI is InChI=1S/C29H29F3N2O5/c30-29(31,32)39-21-5-3-17(4-6-21)16-38-24-22(7-9-34-8-1-2-23(24)34)26(35)33-25(27(36)37)28-13-18-10-19(14-28)12-20(11-18)15-28/h1-9,18-20,25H,10-16H2,(H,33,35)(H,36,37)/t18?,19?,20?,25-,28?/m1/s1. The number of halogens is 3. The molecule has 0 unspecified atom stereocenters. The van der Waals surface area contributed by atoms with E-state index in [9.17, 15) is 27.9 Å². The van der Waals surface area contributed by atoms with E-state index in [1.54, 1.807) is 35.0 Å². The number of benzene rings is 1. The number of carbonyl (C=O) groups excluding carboxylic acids is 1. The first kappa shape index (κ1) is 25.6. The summed E-state index contributed by atoms with van der Waals surface area (Å²) in [5, 5.41) is 13.1. The van der Waals surface area contributed by atoms with Crippen molar-refractivity contribution in [3.8, 4) is 11.5 Å². The normalized spacial score (nSPS) is 26.4. The molecule has 2 aromatic heterocycles. The summed E-state index contributed by atoms with van der Waals surface area (Å²) in [6.07, 6.45) is 4.67. The van der Waals surface area contributed by atoms with Gasteiger partial charge in [-0.1, -0.05) is 12.1 Å². The van der Waals surface area contributed by atoms with Crippen LogP contribution in [-0.2, 0) is 11.4 Å². The van der Waals surface area contributed by atoms with E-state index in [1.165, 1.54) is 24.3 Å². The van der Waals surface area contributed by atoms with Gasteiger partial charge < -0.3 is 24.3 Å². The molecule has 4 aliphatic rings. The summed E-state index contributed by atoms with van der Waals surface area (Å²) in [6.45, 7) is -0.0191. The third-order valence-electron chi connectivity index (χ3n) is 8.66. The first-order valence-corrected chi connectivity index (χ1v) is 13.2. The molecule has 4 bridgehead atoms. The molecule has 1 atom stereocenters. The van der Waals surface area contributed by atoms with Gasteiger partial charge in [0.25, 0.3) is 5.91 Å². The minimum Gasteiger partial charge on any atom is -0.486 e. The number of carboxylic acid groups (broad SMARTS) is 1. The van der Waals surface area contributed by atoms with Crippen LogP contribution in [0.3, 0.4) is 0 Å². The maximum atomic E-state index is 13.6. The fourth-order valence-electron chi connectivity index (χ4n) is 7.57. The Morgan fingerprint density at radius 3 is 2.23 bits per heavy atom. The van der Waals surface area contributed by atoms with Crippen LogP contribution in [0, 0.1) is 23.2 Å². The van der Waals surface area contributed by atoms with Gasteiger partial charge in [-0.05, 0) is 92.2 Å². The number of aliphatic carboxylic acids is 1. The van der Waals surface area contributed by atoms with Crippen molar-refractivity contribution in [3.63, 3.8) is 0 Å². The Balaban J connectivity index is 1.24. The first-order valence-electron chi connectivity index (χ1n) is 13.2. The van der Waals surface area contributed by atoms with Crippen LogP contribution < -0.4 is 14.8 Å². The molecule has 7 nitrogen and oxygen atoms in total. The van der Waals surface area contributed by atoms with Crippen molar-refractivity contribution in [1.29, 1.82) is 0 Å². The second-order valence-corrected chi connectivity index (χ2v) is 11.4. The third kappa shape index (κ3) is 5.04. The number of amides is 1. The Labute approximate surface area is 222 Å². The maximum absolute atomic E-state index is 13.6. The van der Waals surface area contributed by atoms with Crippen LogP contribution in [0.2, 0.25) is 0 Å². The number of carboxylic acids is 1. The topological polar surface area (TPSA) is 89.3 Å². The van der Waals surface area contributed by atoms with Gasteiger partial charge in [-0.2, -0.15) is 0 Å². The van der Waals surface area contributed by atoms with Gasteiger partial charge in [0.1, 0.15) is 18.4 Å². The number of hydrogen-bond donors (Lipinski definition) is 2. The van der Waals surface area contributed by atoms with Crippen LogP contribution in [0.5, 0.6) is 11.5 Å². The van der Waals surface area contributed by atoms with Crippen LogP contribution in [0.15, 0.2) is 54.9 Å². The highest BCUT2D eigenvalue weighted by Crippen LogP contribution is 2.61. The molecular formula is C29H29F3N2O5. The number of alkyl halides is 3. The van der Waals surface area contributed by atoms with Gasteiger partial charge in [-0.3, -0.25) is 4.79 Å². The molecule has 0 saturated heterocycles. The number of hydrogen-bond acceptors (Lipinski definition) is 4. The summed E-state index contributed by atoms with van der Waals surface area (Å²) in [5.74, 6) is -0.0326. The zero-order valence-corrected chi connectivity index (χ0v) is 21.1. The van der Waals surface area contributed by atoms with E-state index in [0.717, 1.165) is 38.5 Å². The lowest BCUT2D eigenvalue weighted by molar-refractivity contribution is -0.274. The van der Waals surface area contributed by atoms with Crippen molar-refractivity contribution in [2.24, 2.45) is 23.2 Å². The summed E-state index contributed by atoms with van der Waals surface area (Å²) in [6, 6.07) is 9.47. The number of nitrogens with one attached hydrogen (secondary N) is 1. The predicted molar refractivity (Wildman–Crippen MR) is 134 cm³/mol. The van der Waals surface area contributed by atoms with Gasteiger partial charge in [-0.15, -0.1) is 13.2 Å². The van der Waals surface area contributed by atoms with Crippen LogP contribution in [0.4, 0.5) is 13.2 Å². The van der Waals surface area contributed by atoms with Crippen LogP contribution >= 0.6 is 0 Å². The number of fused-ring (bicyclic) bond motifs is 1. The summed E-state index contributed by atoms with van der Waals surface area (Å²) < 4.78 is 49.2. The Kier molecular flexibility index (Phi) is 6.23. The van der Waals surface area contributed by atoms with Crippen LogP contribution in [0.1, 0.15) is 54.4 Å². The van der Waals surface area contributed by atoms with E-state index in [0.29, 0.717) is 28.8 Å². The molecule has 0 spiro atoms. The number of nitrogens with zero attached hydrogens (tertiary/aromatic N) is 1. The van der Waals surface area contributed by atoms with Gasteiger partial charge in [0, 0.05) is 17.8 Å². The molecule has 10 heteroatoms. The number of rotatable bonds is 8. The van der Waals surface area contributed by atoms with Crippen molar-refractivity contribution in [1.82, 2.24) is 9.72 Å². The lowest BCUT2D eigenvalue weighted by Gasteiger charge is -2.58. The Hall–Kier alpha value is -3.69. The van der Waals surface area contributed by atoms with Crippen LogP contribution in [-0.4, -0.2) is 33.8 Å². The zero-order valence-electron chi connectivity index (χ0n) is 21.1. The van der Waals surface area contributed by atoms with E-state index >= 15 is 0 Å². The second-order valence-electron chi connectivity index (χ2n) is 11.4. The van der Waals surface area contributed by atoms with Gasteiger partial charge >= 0.3 is 12.3 Å². The molecule has 206 valence electrons. The summed E-state index contributed by atoms with van der Waals surface area (Å²) >= 11 is 0. The average Bonchev–Trinajstić information content (AvgIpc) is 3.34. The summed E-state index contributed by atoms with van der Waals surface area (Å²) in [5.41, 5.74) is 0.952. The second kappa shape index (κ2) is 9.50. The lowest BCUT2D eigenvalue weighted by atomic mass is 9.47. The van der Waals surface area contributed by atoms with Gasteiger partial charge in [0.05, 0.1) is 11.1 Å². The molecule has 39 heavy (non-hydrogen) atoms. The third-order valence-corrected chi connectivity index (χ3v) is 8.66.